The van der Waals surface area contributed by atoms with Crippen molar-refractivity contribution >= 4 is 39.9 Å². The maximum atomic E-state index is 12.4. The fourth-order valence-electron chi connectivity index (χ4n) is 2.32. The molecule has 2 aromatic rings. The second kappa shape index (κ2) is 6.59. The summed E-state index contributed by atoms with van der Waals surface area (Å²) in [6.45, 7) is 2.02. The summed E-state index contributed by atoms with van der Waals surface area (Å²) in [5.41, 5.74) is 3.77. The normalized spacial score (nSPS) is 13.3. The largest absolute Gasteiger partial charge is 0.355 e. The van der Waals surface area contributed by atoms with Crippen molar-refractivity contribution < 1.29 is 4.79 Å². The summed E-state index contributed by atoms with van der Waals surface area (Å²) in [6.07, 6.45) is 2.09. The van der Waals surface area contributed by atoms with E-state index in [0.717, 1.165) is 27.7 Å². The fourth-order valence-corrected chi connectivity index (χ4v) is 2.97. The van der Waals surface area contributed by atoms with Crippen molar-refractivity contribution in [3.8, 4) is 6.07 Å². The summed E-state index contributed by atoms with van der Waals surface area (Å²) in [5, 5.41) is 15.4. The van der Waals surface area contributed by atoms with E-state index >= 15 is 0 Å². The lowest BCUT2D eigenvalue weighted by atomic mass is 10.1. The molecule has 1 amide bonds. The molecule has 5 heteroatoms. The van der Waals surface area contributed by atoms with Crippen LogP contribution in [0.25, 0.3) is 0 Å². The van der Waals surface area contributed by atoms with Gasteiger partial charge < -0.3 is 10.6 Å². The Labute approximate surface area is 149 Å². The number of anilines is 2. The van der Waals surface area contributed by atoms with Crippen LogP contribution in [0.3, 0.4) is 0 Å². The minimum Gasteiger partial charge on any atom is -0.355 e. The molecule has 116 valence electrons. The van der Waals surface area contributed by atoms with Crippen LogP contribution in [0.2, 0.25) is 0 Å². The first-order valence-electron chi connectivity index (χ1n) is 7.45. The maximum absolute atomic E-state index is 12.4. The number of aryl methyl sites for hydroxylation is 1. The third kappa shape index (κ3) is 3.82. The van der Waals surface area contributed by atoms with Crippen LogP contribution < -0.4 is 10.6 Å². The van der Waals surface area contributed by atoms with E-state index in [1.54, 1.807) is 18.2 Å². The van der Waals surface area contributed by atoms with Crippen LogP contribution in [-0.2, 0) is 0 Å². The Balaban J connectivity index is 1.94. The molecule has 4 nitrogen and oxygen atoms in total. The molecule has 0 unspecified atom stereocenters. The van der Waals surface area contributed by atoms with Gasteiger partial charge in [-0.3, -0.25) is 4.79 Å². The number of hydrogen-bond donors (Lipinski definition) is 2. The number of amides is 1. The van der Waals surface area contributed by atoms with E-state index in [-0.39, 0.29) is 5.91 Å². The highest BCUT2D eigenvalue weighted by Crippen LogP contribution is 2.27. The molecule has 2 aromatic carbocycles. The predicted octanol–water partition coefficient (Wildman–Crippen LogP) is 4.11. The Bertz CT molecular complexity index is 806. The topological polar surface area (TPSA) is 64.9 Å². The molecule has 0 spiro atoms. The van der Waals surface area contributed by atoms with Gasteiger partial charge in [0.25, 0.3) is 5.91 Å². The van der Waals surface area contributed by atoms with Crippen LogP contribution >= 0.6 is 22.6 Å². The molecule has 3 rings (SSSR count). The first kappa shape index (κ1) is 15.8. The van der Waals surface area contributed by atoms with Crippen LogP contribution in [0, 0.1) is 21.8 Å². The highest BCUT2D eigenvalue weighted by atomic mass is 127. The van der Waals surface area contributed by atoms with Crippen LogP contribution in [0.4, 0.5) is 11.4 Å². The van der Waals surface area contributed by atoms with Crippen LogP contribution in [-0.4, -0.2) is 11.9 Å². The first-order chi connectivity index (χ1) is 11.1. The second-order valence-corrected chi connectivity index (χ2v) is 6.95. The van der Waals surface area contributed by atoms with Crippen molar-refractivity contribution in [1.82, 2.24) is 5.32 Å². The quantitative estimate of drug-likeness (QED) is 0.737. The average Bonchev–Trinajstić information content (AvgIpc) is 3.33. The van der Waals surface area contributed by atoms with E-state index in [4.69, 9.17) is 5.26 Å². The molecule has 1 aliphatic rings. The maximum Gasteiger partial charge on any atom is 0.253 e. The number of carbonyl (C=O) groups is 1. The van der Waals surface area contributed by atoms with Gasteiger partial charge in [-0.1, -0.05) is 0 Å². The minimum atomic E-state index is -0.0948. The smallest absolute Gasteiger partial charge is 0.253 e. The van der Waals surface area contributed by atoms with Gasteiger partial charge >= 0.3 is 0 Å². The van der Waals surface area contributed by atoms with Crippen LogP contribution in [0.5, 0.6) is 0 Å². The van der Waals surface area contributed by atoms with E-state index < -0.39 is 0 Å². The number of carbonyl (C=O) groups excluding carboxylic acids is 1. The van der Waals surface area contributed by atoms with Crippen LogP contribution in [0.15, 0.2) is 36.4 Å². The molecule has 2 N–H and O–H groups in total. The van der Waals surface area contributed by atoms with Gasteiger partial charge in [0.15, 0.2) is 0 Å². The van der Waals surface area contributed by atoms with Crippen molar-refractivity contribution in [3.63, 3.8) is 0 Å². The van der Waals surface area contributed by atoms with Gasteiger partial charge in [0.1, 0.15) is 0 Å². The zero-order valence-electron chi connectivity index (χ0n) is 12.7. The molecule has 0 aromatic heterocycles. The zero-order chi connectivity index (χ0) is 16.4. The Hall–Kier alpha value is -2.07. The van der Waals surface area contributed by atoms with Gasteiger partial charge in [-0.25, -0.2) is 0 Å². The molecule has 0 atom stereocenters. The lowest BCUT2D eigenvalue weighted by Crippen LogP contribution is -2.26. The van der Waals surface area contributed by atoms with Crippen molar-refractivity contribution in [3.05, 3.63) is 56.7 Å². The SMILES string of the molecule is Cc1cc(I)ccc1Nc1cc(C#N)ccc1C(=O)NC1CC1. The molecule has 0 aliphatic heterocycles. The Morgan fingerprint density at radius 1 is 1.22 bits per heavy atom. The Kier molecular flexibility index (Phi) is 4.53. The zero-order valence-corrected chi connectivity index (χ0v) is 14.8. The lowest BCUT2D eigenvalue weighted by Gasteiger charge is -2.14. The number of hydrogen-bond acceptors (Lipinski definition) is 3. The summed E-state index contributed by atoms with van der Waals surface area (Å²) in [6, 6.07) is 13.6. The number of rotatable bonds is 4. The fraction of sp³-hybridized carbons (Fsp3) is 0.222. The third-order valence-corrected chi connectivity index (χ3v) is 4.43. The molecular weight excluding hydrogens is 401 g/mol. The molecule has 1 fully saturated rings. The van der Waals surface area contributed by atoms with E-state index in [1.165, 1.54) is 0 Å². The Morgan fingerprint density at radius 2 is 2.00 bits per heavy atom. The summed E-state index contributed by atoms with van der Waals surface area (Å²) in [7, 11) is 0. The number of nitriles is 1. The molecule has 1 saturated carbocycles. The van der Waals surface area contributed by atoms with Crippen molar-refractivity contribution in [2.24, 2.45) is 0 Å². The van der Waals surface area contributed by atoms with Crippen molar-refractivity contribution in [2.45, 2.75) is 25.8 Å². The van der Waals surface area contributed by atoms with E-state index in [0.29, 0.717) is 22.9 Å². The predicted molar refractivity (Wildman–Crippen MR) is 98.8 cm³/mol. The summed E-state index contributed by atoms with van der Waals surface area (Å²) < 4.78 is 1.16. The summed E-state index contributed by atoms with van der Waals surface area (Å²) in [5.74, 6) is -0.0948. The summed E-state index contributed by atoms with van der Waals surface area (Å²) >= 11 is 2.27. The summed E-state index contributed by atoms with van der Waals surface area (Å²) in [4.78, 5) is 12.4. The molecule has 23 heavy (non-hydrogen) atoms. The Morgan fingerprint density at radius 3 is 2.65 bits per heavy atom. The standard InChI is InChI=1S/C18H16IN3O/c1-11-8-13(19)3-7-16(11)22-17-9-12(10-20)2-6-15(17)18(23)21-14-4-5-14/h2-3,6-9,14,22H,4-5H2,1H3,(H,21,23). The number of benzene rings is 2. The van der Waals surface area contributed by atoms with Gasteiger partial charge in [0.2, 0.25) is 0 Å². The monoisotopic (exact) mass is 417 g/mol. The van der Waals surface area contributed by atoms with Gasteiger partial charge in [-0.05, 0) is 84.3 Å². The van der Waals surface area contributed by atoms with E-state index in [9.17, 15) is 4.79 Å². The van der Waals surface area contributed by atoms with Crippen molar-refractivity contribution in [2.75, 3.05) is 5.32 Å². The van der Waals surface area contributed by atoms with Gasteiger partial charge in [0, 0.05) is 15.3 Å². The molecule has 0 bridgehead atoms. The highest BCUT2D eigenvalue weighted by Gasteiger charge is 2.25. The van der Waals surface area contributed by atoms with E-state index in [2.05, 4.69) is 45.4 Å². The van der Waals surface area contributed by atoms with E-state index in [1.807, 2.05) is 19.1 Å². The van der Waals surface area contributed by atoms with Gasteiger partial charge in [0.05, 0.1) is 22.9 Å². The van der Waals surface area contributed by atoms with Gasteiger partial charge in [-0.2, -0.15) is 5.26 Å². The number of halogens is 1. The second-order valence-electron chi connectivity index (χ2n) is 5.70. The third-order valence-electron chi connectivity index (χ3n) is 3.76. The molecule has 0 heterocycles. The number of nitrogens with zero attached hydrogens (tertiary/aromatic N) is 1. The molecule has 0 radical (unpaired) electrons. The van der Waals surface area contributed by atoms with Gasteiger partial charge in [-0.15, -0.1) is 0 Å². The lowest BCUT2D eigenvalue weighted by molar-refractivity contribution is 0.0952. The first-order valence-corrected chi connectivity index (χ1v) is 8.53. The highest BCUT2D eigenvalue weighted by molar-refractivity contribution is 14.1. The van der Waals surface area contributed by atoms with Crippen molar-refractivity contribution in [1.29, 1.82) is 5.26 Å². The van der Waals surface area contributed by atoms with Crippen LogP contribution in [0.1, 0.15) is 34.3 Å². The molecule has 1 aliphatic carbocycles. The minimum absolute atomic E-state index is 0.0948. The average molecular weight is 417 g/mol. The molecule has 0 saturated heterocycles. The number of nitrogens with one attached hydrogen (secondary N) is 2. The molecular formula is C18H16IN3O.